The van der Waals surface area contributed by atoms with Crippen molar-refractivity contribution in [1.82, 2.24) is 0 Å². The van der Waals surface area contributed by atoms with Gasteiger partial charge in [-0.2, -0.15) is 0 Å². The summed E-state index contributed by atoms with van der Waals surface area (Å²) in [6.45, 7) is 1.48. The summed E-state index contributed by atoms with van der Waals surface area (Å²) in [6.07, 6.45) is -3.40. The van der Waals surface area contributed by atoms with Gasteiger partial charge in [-0.05, 0) is 12.5 Å². The summed E-state index contributed by atoms with van der Waals surface area (Å²) >= 11 is 0. The first-order valence-electron chi connectivity index (χ1n) is 4.34. The third kappa shape index (κ3) is 2.27. The van der Waals surface area contributed by atoms with Crippen LogP contribution in [0.1, 0.15) is 30.5 Å². The first kappa shape index (κ1) is 11.1. The maximum atomic E-state index is 12.5. The van der Waals surface area contributed by atoms with E-state index < -0.39 is 18.6 Å². The topological polar surface area (TPSA) is 46.2 Å². The van der Waals surface area contributed by atoms with E-state index >= 15 is 0 Å². The first-order chi connectivity index (χ1) is 6.54. The lowest BCUT2D eigenvalue weighted by atomic mass is 9.98. The quantitative estimate of drug-likeness (QED) is 0.785. The van der Waals surface area contributed by atoms with Gasteiger partial charge < -0.3 is 10.8 Å². The van der Waals surface area contributed by atoms with Crippen molar-refractivity contribution in [2.24, 2.45) is 5.73 Å². The van der Waals surface area contributed by atoms with Gasteiger partial charge in [-0.15, -0.1) is 0 Å². The molecule has 3 N–H and O–H groups in total. The summed E-state index contributed by atoms with van der Waals surface area (Å²) in [7, 11) is 0. The molecular formula is C10H13F2NO. The lowest BCUT2D eigenvalue weighted by Crippen LogP contribution is -2.24. The number of hydrogen-bond acceptors (Lipinski definition) is 2. The standard InChI is InChI=1S/C10H13F2NO/c1-6(14)9(13)7-4-2-3-5-8(7)10(11)12/h2-6,9-10,14H,13H2,1H3/t6-,9+/m0/s1. The number of aliphatic hydroxyl groups is 1. The van der Waals surface area contributed by atoms with E-state index in [1.807, 2.05) is 0 Å². The number of aliphatic hydroxyl groups excluding tert-OH is 1. The first-order valence-corrected chi connectivity index (χ1v) is 4.34. The van der Waals surface area contributed by atoms with Gasteiger partial charge in [0.25, 0.3) is 6.43 Å². The average Bonchev–Trinajstić information content (AvgIpc) is 2.16. The van der Waals surface area contributed by atoms with Gasteiger partial charge in [0.2, 0.25) is 0 Å². The molecule has 2 atom stereocenters. The smallest absolute Gasteiger partial charge is 0.264 e. The summed E-state index contributed by atoms with van der Waals surface area (Å²) in [4.78, 5) is 0. The maximum Gasteiger partial charge on any atom is 0.264 e. The highest BCUT2D eigenvalue weighted by atomic mass is 19.3. The minimum atomic E-state index is -2.56. The van der Waals surface area contributed by atoms with E-state index in [1.54, 1.807) is 6.07 Å². The number of hydrogen-bond donors (Lipinski definition) is 2. The molecule has 1 aromatic carbocycles. The van der Waals surface area contributed by atoms with Gasteiger partial charge in [0.15, 0.2) is 0 Å². The monoisotopic (exact) mass is 201 g/mol. The largest absolute Gasteiger partial charge is 0.391 e. The van der Waals surface area contributed by atoms with Gasteiger partial charge in [-0.25, -0.2) is 8.78 Å². The Balaban J connectivity index is 3.06. The van der Waals surface area contributed by atoms with E-state index in [1.165, 1.54) is 25.1 Å². The SMILES string of the molecule is C[C@H](O)[C@@H](N)c1ccccc1C(F)F. The predicted molar refractivity (Wildman–Crippen MR) is 50.0 cm³/mol. The van der Waals surface area contributed by atoms with Gasteiger partial charge in [0.05, 0.1) is 12.1 Å². The van der Waals surface area contributed by atoms with Crippen LogP contribution in [-0.4, -0.2) is 11.2 Å². The molecule has 1 aromatic rings. The summed E-state index contributed by atoms with van der Waals surface area (Å²) in [5.41, 5.74) is 5.79. The third-order valence-corrected chi connectivity index (χ3v) is 2.11. The molecule has 0 aliphatic rings. The molecule has 0 saturated carbocycles. The molecule has 0 unspecified atom stereocenters. The van der Waals surface area contributed by atoms with Crippen molar-refractivity contribution in [2.45, 2.75) is 25.5 Å². The van der Waals surface area contributed by atoms with Crippen LogP contribution < -0.4 is 5.73 Å². The zero-order valence-corrected chi connectivity index (χ0v) is 7.82. The van der Waals surface area contributed by atoms with Crippen molar-refractivity contribution >= 4 is 0 Å². The highest BCUT2D eigenvalue weighted by Gasteiger charge is 2.19. The van der Waals surface area contributed by atoms with Crippen molar-refractivity contribution in [3.05, 3.63) is 35.4 Å². The van der Waals surface area contributed by atoms with Crippen molar-refractivity contribution in [2.75, 3.05) is 0 Å². The van der Waals surface area contributed by atoms with Crippen LogP contribution in [0.5, 0.6) is 0 Å². The lowest BCUT2D eigenvalue weighted by molar-refractivity contribution is 0.141. The minimum absolute atomic E-state index is 0.110. The third-order valence-electron chi connectivity index (χ3n) is 2.11. The molecule has 14 heavy (non-hydrogen) atoms. The molecule has 4 heteroatoms. The van der Waals surface area contributed by atoms with Crippen LogP contribution in [0.15, 0.2) is 24.3 Å². The predicted octanol–water partition coefficient (Wildman–Crippen LogP) is 2.00. The molecule has 0 spiro atoms. The molecule has 0 amide bonds. The van der Waals surface area contributed by atoms with E-state index in [0.717, 1.165) is 0 Å². The molecule has 0 aliphatic carbocycles. The van der Waals surface area contributed by atoms with Crippen molar-refractivity contribution in [3.63, 3.8) is 0 Å². The number of alkyl halides is 2. The van der Waals surface area contributed by atoms with Gasteiger partial charge >= 0.3 is 0 Å². The van der Waals surface area contributed by atoms with Crippen molar-refractivity contribution < 1.29 is 13.9 Å². The van der Waals surface area contributed by atoms with Crippen molar-refractivity contribution in [1.29, 1.82) is 0 Å². The van der Waals surface area contributed by atoms with Gasteiger partial charge in [-0.1, -0.05) is 24.3 Å². The van der Waals surface area contributed by atoms with Gasteiger partial charge in [-0.3, -0.25) is 0 Å². The van der Waals surface area contributed by atoms with E-state index in [-0.39, 0.29) is 5.56 Å². The summed E-state index contributed by atoms with van der Waals surface area (Å²) in [5, 5.41) is 9.21. The Morgan fingerprint density at radius 3 is 2.14 bits per heavy atom. The van der Waals surface area contributed by atoms with Crippen LogP contribution in [0.25, 0.3) is 0 Å². The Hall–Kier alpha value is -1.00. The molecule has 0 heterocycles. The fourth-order valence-electron chi connectivity index (χ4n) is 1.27. The molecular weight excluding hydrogens is 188 g/mol. The van der Waals surface area contributed by atoms with Gasteiger partial charge in [0, 0.05) is 5.56 Å². The van der Waals surface area contributed by atoms with Crippen LogP contribution in [0, 0.1) is 0 Å². The molecule has 0 fully saturated rings. The molecule has 2 nitrogen and oxygen atoms in total. The van der Waals surface area contributed by atoms with Crippen molar-refractivity contribution in [3.8, 4) is 0 Å². The van der Waals surface area contributed by atoms with E-state index in [0.29, 0.717) is 5.56 Å². The lowest BCUT2D eigenvalue weighted by Gasteiger charge is -2.18. The Morgan fingerprint density at radius 1 is 1.21 bits per heavy atom. The second-order valence-electron chi connectivity index (χ2n) is 3.20. The van der Waals surface area contributed by atoms with Gasteiger partial charge in [0.1, 0.15) is 0 Å². The number of benzene rings is 1. The fraction of sp³-hybridized carbons (Fsp3) is 0.400. The molecule has 0 radical (unpaired) electrons. The molecule has 0 bridgehead atoms. The van der Waals surface area contributed by atoms with E-state index in [2.05, 4.69) is 0 Å². The summed E-state index contributed by atoms with van der Waals surface area (Å²) in [6, 6.07) is 5.23. The zero-order valence-electron chi connectivity index (χ0n) is 7.82. The molecule has 0 saturated heterocycles. The summed E-state index contributed by atoms with van der Waals surface area (Å²) in [5.74, 6) is 0. The van der Waals surface area contributed by atoms with Crippen LogP contribution in [0.2, 0.25) is 0 Å². The second kappa shape index (κ2) is 4.48. The Kier molecular flexibility index (Phi) is 3.55. The second-order valence-corrected chi connectivity index (χ2v) is 3.20. The molecule has 0 aliphatic heterocycles. The van der Waals surface area contributed by atoms with Crippen LogP contribution in [0.4, 0.5) is 8.78 Å². The van der Waals surface area contributed by atoms with Crippen LogP contribution in [0.3, 0.4) is 0 Å². The zero-order chi connectivity index (χ0) is 10.7. The Morgan fingerprint density at radius 2 is 1.71 bits per heavy atom. The summed E-state index contributed by atoms with van der Waals surface area (Å²) < 4.78 is 25.0. The normalized spacial score (nSPS) is 15.6. The highest BCUT2D eigenvalue weighted by Crippen LogP contribution is 2.27. The number of rotatable bonds is 3. The number of nitrogens with two attached hydrogens (primary N) is 1. The van der Waals surface area contributed by atoms with E-state index in [4.69, 9.17) is 5.73 Å². The molecule has 0 aromatic heterocycles. The van der Waals surface area contributed by atoms with Crippen LogP contribution in [-0.2, 0) is 0 Å². The number of halogens is 2. The van der Waals surface area contributed by atoms with Crippen LogP contribution >= 0.6 is 0 Å². The Bertz CT molecular complexity index is 302. The molecule has 1 rings (SSSR count). The maximum absolute atomic E-state index is 12.5. The minimum Gasteiger partial charge on any atom is -0.391 e. The Labute approximate surface area is 81.4 Å². The average molecular weight is 201 g/mol. The van der Waals surface area contributed by atoms with E-state index in [9.17, 15) is 13.9 Å². The molecule has 78 valence electrons. The fourth-order valence-corrected chi connectivity index (χ4v) is 1.27. The highest BCUT2D eigenvalue weighted by molar-refractivity contribution is 5.31.